The highest BCUT2D eigenvalue weighted by atomic mass is 16.2. The largest absolute Gasteiger partial charge is 0.273 e. The van der Waals surface area contributed by atoms with Gasteiger partial charge in [-0.05, 0) is 5.56 Å². The number of nitrogens with zero attached hydrogens (tertiary/aromatic N) is 2. The Morgan fingerprint density at radius 2 is 1.53 bits per heavy atom. The Morgan fingerprint density at radius 3 is 2.06 bits per heavy atom. The van der Waals surface area contributed by atoms with E-state index in [-0.39, 0.29) is 11.8 Å². The number of likely N-dealkylation sites (N-methyl/N-ethyl adjacent to an activating group) is 1. The molecule has 1 aromatic carbocycles. The fourth-order valence-electron chi connectivity index (χ4n) is 1.45. The smallest absolute Gasteiger partial charge is 0.245 e. The quantitative estimate of drug-likeness (QED) is 0.743. The fourth-order valence-corrected chi connectivity index (χ4v) is 1.45. The first-order chi connectivity index (χ1) is 8.06. The maximum absolute atomic E-state index is 11.9. The van der Waals surface area contributed by atoms with Crippen molar-refractivity contribution in [2.24, 2.45) is 0 Å². The molecule has 0 radical (unpaired) electrons. The third-order valence-electron chi connectivity index (χ3n) is 2.67. The monoisotopic (exact) mass is 234 g/mol. The van der Waals surface area contributed by atoms with Crippen molar-refractivity contribution in [3.8, 4) is 0 Å². The lowest BCUT2D eigenvalue weighted by Crippen LogP contribution is -2.45. The van der Waals surface area contributed by atoms with Crippen LogP contribution in [-0.4, -0.2) is 35.9 Å². The molecule has 2 amide bonds. The SMILES string of the molecule is CCC(=O)N(C)N(C)C(=O)Cc1ccccc1. The maximum atomic E-state index is 11.9. The second-order valence-electron chi connectivity index (χ2n) is 3.85. The molecular weight excluding hydrogens is 216 g/mol. The van der Waals surface area contributed by atoms with Gasteiger partial charge in [-0.15, -0.1) is 0 Å². The molecule has 0 heterocycles. The highest BCUT2D eigenvalue weighted by Crippen LogP contribution is 2.04. The zero-order valence-electron chi connectivity index (χ0n) is 10.5. The van der Waals surface area contributed by atoms with Gasteiger partial charge in [-0.2, -0.15) is 0 Å². The van der Waals surface area contributed by atoms with Gasteiger partial charge >= 0.3 is 0 Å². The highest BCUT2D eigenvalue weighted by Gasteiger charge is 2.17. The third-order valence-corrected chi connectivity index (χ3v) is 2.67. The summed E-state index contributed by atoms with van der Waals surface area (Å²) in [5, 5.41) is 2.71. The lowest BCUT2D eigenvalue weighted by atomic mass is 10.1. The average molecular weight is 234 g/mol. The van der Waals surface area contributed by atoms with Crippen LogP contribution in [0.5, 0.6) is 0 Å². The Bertz CT molecular complexity index is 390. The Hall–Kier alpha value is -1.84. The number of carbonyl (C=O) groups excluding carboxylic acids is 2. The van der Waals surface area contributed by atoms with Crippen LogP contribution in [0.25, 0.3) is 0 Å². The second kappa shape index (κ2) is 6.03. The van der Waals surface area contributed by atoms with Gasteiger partial charge in [0.15, 0.2) is 0 Å². The predicted molar refractivity (Wildman–Crippen MR) is 66.0 cm³/mol. The number of carbonyl (C=O) groups is 2. The molecule has 0 atom stereocenters. The first-order valence-electron chi connectivity index (χ1n) is 5.63. The average Bonchev–Trinajstić information content (AvgIpc) is 2.37. The summed E-state index contributed by atoms with van der Waals surface area (Å²) < 4.78 is 0. The van der Waals surface area contributed by atoms with Gasteiger partial charge in [0, 0.05) is 20.5 Å². The number of hydrogen-bond donors (Lipinski definition) is 0. The van der Waals surface area contributed by atoms with Crippen LogP contribution in [0.15, 0.2) is 30.3 Å². The minimum absolute atomic E-state index is 0.0751. The van der Waals surface area contributed by atoms with E-state index in [2.05, 4.69) is 0 Å². The molecule has 0 unspecified atom stereocenters. The van der Waals surface area contributed by atoms with E-state index in [1.165, 1.54) is 10.0 Å². The van der Waals surface area contributed by atoms with Crippen molar-refractivity contribution in [2.75, 3.05) is 14.1 Å². The van der Waals surface area contributed by atoms with E-state index < -0.39 is 0 Å². The molecule has 0 aliphatic heterocycles. The van der Waals surface area contributed by atoms with E-state index >= 15 is 0 Å². The molecule has 0 saturated heterocycles. The molecule has 0 bridgehead atoms. The summed E-state index contributed by atoms with van der Waals surface area (Å²) in [6.07, 6.45) is 0.693. The molecule has 0 aliphatic carbocycles. The van der Waals surface area contributed by atoms with Gasteiger partial charge < -0.3 is 0 Å². The van der Waals surface area contributed by atoms with Crippen molar-refractivity contribution in [2.45, 2.75) is 19.8 Å². The lowest BCUT2D eigenvalue weighted by Gasteiger charge is -2.28. The zero-order valence-corrected chi connectivity index (χ0v) is 10.5. The molecule has 1 aromatic rings. The molecule has 0 aliphatic rings. The minimum Gasteiger partial charge on any atom is -0.273 e. The van der Waals surface area contributed by atoms with Crippen LogP contribution in [0.2, 0.25) is 0 Å². The number of benzene rings is 1. The lowest BCUT2D eigenvalue weighted by molar-refractivity contribution is -0.157. The summed E-state index contributed by atoms with van der Waals surface area (Å²) in [5.74, 6) is -0.172. The molecule has 0 saturated carbocycles. The molecule has 17 heavy (non-hydrogen) atoms. The maximum Gasteiger partial charge on any atom is 0.245 e. The Labute approximate surface area is 102 Å². The summed E-state index contributed by atoms with van der Waals surface area (Å²) in [6.45, 7) is 1.77. The van der Waals surface area contributed by atoms with E-state index in [1.54, 1.807) is 21.0 Å². The molecule has 1 rings (SSSR count). The van der Waals surface area contributed by atoms with E-state index in [0.717, 1.165) is 5.56 Å². The van der Waals surface area contributed by atoms with Crippen molar-refractivity contribution in [1.29, 1.82) is 0 Å². The van der Waals surface area contributed by atoms with Crippen molar-refractivity contribution in [3.05, 3.63) is 35.9 Å². The zero-order chi connectivity index (χ0) is 12.8. The summed E-state index contributed by atoms with van der Waals surface area (Å²) >= 11 is 0. The van der Waals surface area contributed by atoms with Gasteiger partial charge in [0.05, 0.1) is 6.42 Å². The van der Waals surface area contributed by atoms with E-state index in [0.29, 0.717) is 12.8 Å². The molecule has 4 heteroatoms. The van der Waals surface area contributed by atoms with Gasteiger partial charge in [0.1, 0.15) is 0 Å². The Kier molecular flexibility index (Phi) is 4.69. The van der Waals surface area contributed by atoms with Crippen LogP contribution in [0.1, 0.15) is 18.9 Å². The van der Waals surface area contributed by atoms with E-state index in [1.807, 2.05) is 30.3 Å². The van der Waals surface area contributed by atoms with Crippen LogP contribution in [0.3, 0.4) is 0 Å². The van der Waals surface area contributed by atoms with E-state index in [4.69, 9.17) is 0 Å². The standard InChI is InChI=1S/C13H18N2O2/c1-4-12(16)14(2)15(3)13(17)10-11-8-6-5-7-9-11/h5-9H,4,10H2,1-3H3. The number of rotatable bonds is 3. The van der Waals surface area contributed by atoms with Gasteiger partial charge in [-0.1, -0.05) is 37.3 Å². The first kappa shape index (κ1) is 13.2. The third kappa shape index (κ3) is 3.59. The molecule has 0 spiro atoms. The second-order valence-corrected chi connectivity index (χ2v) is 3.85. The van der Waals surface area contributed by atoms with Gasteiger partial charge in [0.2, 0.25) is 11.8 Å². The molecule has 92 valence electrons. The van der Waals surface area contributed by atoms with Crippen LogP contribution < -0.4 is 0 Å². The molecule has 4 nitrogen and oxygen atoms in total. The Morgan fingerprint density at radius 1 is 1.00 bits per heavy atom. The van der Waals surface area contributed by atoms with Crippen molar-refractivity contribution in [3.63, 3.8) is 0 Å². The number of hydrogen-bond acceptors (Lipinski definition) is 2. The number of amides is 2. The normalized spacial score (nSPS) is 9.82. The molecule has 0 fully saturated rings. The summed E-state index contributed by atoms with van der Waals surface area (Å²) in [5.41, 5.74) is 0.946. The Balaban J connectivity index is 2.62. The molecule has 0 aromatic heterocycles. The highest BCUT2D eigenvalue weighted by molar-refractivity contribution is 5.82. The molecular formula is C13H18N2O2. The predicted octanol–water partition coefficient (Wildman–Crippen LogP) is 1.47. The van der Waals surface area contributed by atoms with Gasteiger partial charge in [0.25, 0.3) is 0 Å². The number of hydrazine groups is 1. The minimum atomic E-state index is -0.0968. The van der Waals surface area contributed by atoms with Crippen molar-refractivity contribution >= 4 is 11.8 Å². The molecule has 0 N–H and O–H groups in total. The summed E-state index contributed by atoms with van der Waals surface area (Å²) in [6, 6.07) is 9.48. The summed E-state index contributed by atoms with van der Waals surface area (Å²) in [4.78, 5) is 23.3. The summed E-state index contributed by atoms with van der Waals surface area (Å²) in [7, 11) is 3.22. The fraction of sp³-hybridized carbons (Fsp3) is 0.385. The van der Waals surface area contributed by atoms with Gasteiger partial charge in [-0.3, -0.25) is 19.6 Å². The van der Waals surface area contributed by atoms with Crippen LogP contribution >= 0.6 is 0 Å². The topological polar surface area (TPSA) is 40.6 Å². The van der Waals surface area contributed by atoms with Crippen molar-refractivity contribution in [1.82, 2.24) is 10.0 Å². The van der Waals surface area contributed by atoms with Gasteiger partial charge in [-0.25, -0.2) is 0 Å². The van der Waals surface area contributed by atoms with Crippen LogP contribution in [0.4, 0.5) is 0 Å². The van der Waals surface area contributed by atoms with E-state index in [9.17, 15) is 9.59 Å². The van der Waals surface area contributed by atoms with Crippen LogP contribution in [0, 0.1) is 0 Å². The van der Waals surface area contributed by atoms with Crippen LogP contribution in [-0.2, 0) is 16.0 Å². The first-order valence-corrected chi connectivity index (χ1v) is 5.63. The van der Waals surface area contributed by atoms with Crippen molar-refractivity contribution < 1.29 is 9.59 Å².